The number of nitrogens with one attached hydrogen (secondary N) is 2. The van der Waals surface area contributed by atoms with Crippen molar-refractivity contribution in [1.29, 1.82) is 0 Å². The Balaban J connectivity index is 2.01. The summed E-state index contributed by atoms with van der Waals surface area (Å²) in [5.41, 5.74) is 2.40. The average molecular weight is 426 g/mol. The van der Waals surface area contributed by atoms with Gasteiger partial charge in [0.1, 0.15) is 16.5 Å². The van der Waals surface area contributed by atoms with Gasteiger partial charge in [0.05, 0.1) is 18.5 Å². The van der Waals surface area contributed by atoms with Gasteiger partial charge in [0.2, 0.25) is 5.91 Å². The van der Waals surface area contributed by atoms with E-state index in [0.29, 0.717) is 29.2 Å². The standard InChI is InChI=1S/C21H22N4O4S/c1-4-17-18(25-30(27,28)20-8-6-5-7-19(20)29-3)11-16(13-23-17)15-9-10-22-21(12-15)24-14(2)26/h5-13,25H,4H2,1-3H3,(H,22,24,26). The third kappa shape index (κ3) is 4.74. The Morgan fingerprint density at radius 1 is 1.10 bits per heavy atom. The SMILES string of the molecule is CCc1ncc(-c2ccnc(NC(C)=O)c2)cc1NS(=O)(=O)c1ccccc1OC. The lowest BCUT2D eigenvalue weighted by Gasteiger charge is -2.15. The molecule has 0 saturated heterocycles. The number of para-hydroxylation sites is 1. The van der Waals surface area contributed by atoms with E-state index in [1.54, 1.807) is 48.8 Å². The number of nitrogens with zero attached hydrogens (tertiary/aromatic N) is 2. The van der Waals surface area contributed by atoms with Crippen LogP contribution in [-0.2, 0) is 21.2 Å². The average Bonchev–Trinajstić information content (AvgIpc) is 2.73. The quantitative estimate of drug-likeness (QED) is 0.599. The van der Waals surface area contributed by atoms with Crippen molar-refractivity contribution < 1.29 is 17.9 Å². The summed E-state index contributed by atoms with van der Waals surface area (Å²) in [4.78, 5) is 19.9. The van der Waals surface area contributed by atoms with Crippen LogP contribution in [0.1, 0.15) is 19.5 Å². The molecule has 2 aromatic heterocycles. The topological polar surface area (TPSA) is 110 Å². The molecule has 8 nitrogen and oxygen atoms in total. The number of carbonyl (C=O) groups is 1. The second kappa shape index (κ2) is 8.91. The molecule has 0 aliphatic carbocycles. The number of amides is 1. The van der Waals surface area contributed by atoms with E-state index in [1.165, 1.54) is 20.1 Å². The number of benzene rings is 1. The normalized spacial score (nSPS) is 11.0. The van der Waals surface area contributed by atoms with E-state index in [9.17, 15) is 13.2 Å². The molecule has 1 amide bonds. The van der Waals surface area contributed by atoms with Gasteiger partial charge in [-0.2, -0.15) is 0 Å². The van der Waals surface area contributed by atoms with Crippen LogP contribution in [0.5, 0.6) is 5.75 Å². The van der Waals surface area contributed by atoms with Gasteiger partial charge >= 0.3 is 0 Å². The molecule has 0 fully saturated rings. The predicted octanol–water partition coefficient (Wildman–Crippen LogP) is 3.47. The molecule has 0 unspecified atom stereocenters. The van der Waals surface area contributed by atoms with Crippen LogP contribution < -0.4 is 14.8 Å². The van der Waals surface area contributed by atoms with Crippen molar-refractivity contribution in [2.75, 3.05) is 17.1 Å². The monoisotopic (exact) mass is 426 g/mol. The lowest BCUT2D eigenvalue weighted by Crippen LogP contribution is -2.15. The molecule has 0 aliphatic heterocycles. The second-order valence-electron chi connectivity index (χ2n) is 6.44. The van der Waals surface area contributed by atoms with Gasteiger partial charge in [-0.05, 0) is 42.3 Å². The molecule has 156 valence electrons. The van der Waals surface area contributed by atoms with Crippen molar-refractivity contribution >= 4 is 27.4 Å². The Kier molecular flexibility index (Phi) is 6.31. The first kappa shape index (κ1) is 21.3. The van der Waals surface area contributed by atoms with Gasteiger partial charge in [-0.1, -0.05) is 19.1 Å². The Morgan fingerprint density at radius 2 is 1.87 bits per heavy atom. The van der Waals surface area contributed by atoms with Crippen LogP contribution in [0.2, 0.25) is 0 Å². The first-order valence-corrected chi connectivity index (χ1v) is 10.7. The summed E-state index contributed by atoms with van der Waals surface area (Å²) in [5, 5.41) is 2.63. The summed E-state index contributed by atoms with van der Waals surface area (Å²) in [7, 11) is -2.48. The maximum absolute atomic E-state index is 13.0. The molecule has 3 aromatic rings. The molecular formula is C21H22N4O4S. The van der Waals surface area contributed by atoms with Crippen LogP contribution in [0.4, 0.5) is 11.5 Å². The number of rotatable bonds is 7. The fourth-order valence-electron chi connectivity index (χ4n) is 2.92. The van der Waals surface area contributed by atoms with E-state index in [4.69, 9.17) is 4.74 Å². The van der Waals surface area contributed by atoms with Crippen LogP contribution >= 0.6 is 0 Å². The Bertz CT molecular complexity index is 1180. The number of hydrogen-bond donors (Lipinski definition) is 2. The van der Waals surface area contributed by atoms with E-state index in [1.807, 2.05) is 6.92 Å². The highest BCUT2D eigenvalue weighted by atomic mass is 32.2. The van der Waals surface area contributed by atoms with Crippen LogP contribution in [0, 0.1) is 0 Å². The van der Waals surface area contributed by atoms with Gasteiger partial charge in [-0.25, -0.2) is 13.4 Å². The third-order valence-corrected chi connectivity index (χ3v) is 5.71. The van der Waals surface area contributed by atoms with Crippen LogP contribution in [0.15, 0.2) is 59.8 Å². The lowest BCUT2D eigenvalue weighted by molar-refractivity contribution is -0.114. The molecule has 0 spiro atoms. The zero-order valence-electron chi connectivity index (χ0n) is 16.8. The number of methoxy groups -OCH3 is 1. The second-order valence-corrected chi connectivity index (χ2v) is 8.09. The summed E-state index contributed by atoms with van der Waals surface area (Å²) < 4.78 is 33.8. The van der Waals surface area contributed by atoms with Crippen molar-refractivity contribution in [3.05, 3.63) is 60.6 Å². The minimum absolute atomic E-state index is 0.0387. The van der Waals surface area contributed by atoms with Gasteiger partial charge in [0, 0.05) is 24.9 Å². The predicted molar refractivity (Wildman–Crippen MR) is 115 cm³/mol. The van der Waals surface area contributed by atoms with Crippen LogP contribution in [-0.4, -0.2) is 31.4 Å². The summed E-state index contributed by atoms with van der Waals surface area (Å²) >= 11 is 0. The lowest BCUT2D eigenvalue weighted by atomic mass is 10.1. The number of hydrogen-bond acceptors (Lipinski definition) is 6. The molecular weight excluding hydrogens is 404 g/mol. The maximum Gasteiger partial charge on any atom is 0.265 e. The highest BCUT2D eigenvalue weighted by molar-refractivity contribution is 7.92. The fraction of sp³-hybridized carbons (Fsp3) is 0.190. The summed E-state index contributed by atoms with van der Waals surface area (Å²) in [6, 6.07) is 11.6. The van der Waals surface area contributed by atoms with Gasteiger partial charge in [0.15, 0.2) is 0 Å². The molecule has 0 saturated carbocycles. The zero-order valence-corrected chi connectivity index (χ0v) is 17.7. The third-order valence-electron chi connectivity index (χ3n) is 4.31. The minimum atomic E-state index is -3.90. The Hall–Kier alpha value is -3.46. The number of sulfonamides is 1. The highest BCUT2D eigenvalue weighted by Gasteiger charge is 2.21. The van der Waals surface area contributed by atoms with Crippen LogP contribution in [0.25, 0.3) is 11.1 Å². The summed E-state index contributed by atoms with van der Waals surface area (Å²) in [6.07, 6.45) is 3.76. The Morgan fingerprint density at radius 3 is 2.57 bits per heavy atom. The van der Waals surface area contributed by atoms with Crippen molar-refractivity contribution in [3.8, 4) is 16.9 Å². The van der Waals surface area contributed by atoms with E-state index in [2.05, 4.69) is 20.0 Å². The largest absolute Gasteiger partial charge is 0.495 e. The maximum atomic E-state index is 13.0. The number of aromatic nitrogens is 2. The van der Waals surface area contributed by atoms with Crippen molar-refractivity contribution in [3.63, 3.8) is 0 Å². The summed E-state index contributed by atoms with van der Waals surface area (Å²) in [5.74, 6) is 0.418. The van der Waals surface area contributed by atoms with Crippen molar-refractivity contribution in [2.45, 2.75) is 25.2 Å². The molecule has 0 radical (unpaired) electrons. The number of pyridine rings is 2. The number of anilines is 2. The highest BCUT2D eigenvalue weighted by Crippen LogP contribution is 2.29. The molecule has 0 atom stereocenters. The number of aryl methyl sites for hydroxylation is 1. The van der Waals surface area contributed by atoms with Crippen LogP contribution in [0.3, 0.4) is 0 Å². The van der Waals surface area contributed by atoms with E-state index in [-0.39, 0.29) is 16.6 Å². The Labute approximate surface area is 175 Å². The van der Waals surface area contributed by atoms with Crippen molar-refractivity contribution in [2.24, 2.45) is 0 Å². The minimum Gasteiger partial charge on any atom is -0.495 e. The van der Waals surface area contributed by atoms with Crippen molar-refractivity contribution in [1.82, 2.24) is 9.97 Å². The van der Waals surface area contributed by atoms with E-state index in [0.717, 1.165) is 5.56 Å². The number of ether oxygens (including phenoxy) is 1. The first-order chi connectivity index (χ1) is 14.3. The van der Waals surface area contributed by atoms with Gasteiger partial charge in [-0.3, -0.25) is 14.5 Å². The zero-order chi connectivity index (χ0) is 21.7. The molecule has 1 aromatic carbocycles. The molecule has 2 N–H and O–H groups in total. The van der Waals surface area contributed by atoms with E-state index >= 15 is 0 Å². The summed E-state index contributed by atoms with van der Waals surface area (Å²) in [6.45, 7) is 3.29. The molecule has 3 rings (SSSR count). The molecule has 30 heavy (non-hydrogen) atoms. The fourth-order valence-corrected chi connectivity index (χ4v) is 4.17. The first-order valence-electron chi connectivity index (χ1n) is 9.23. The van der Waals surface area contributed by atoms with Gasteiger partial charge < -0.3 is 10.1 Å². The van der Waals surface area contributed by atoms with Gasteiger partial charge in [0.25, 0.3) is 10.0 Å². The number of carbonyl (C=O) groups excluding carboxylic acids is 1. The van der Waals surface area contributed by atoms with E-state index < -0.39 is 10.0 Å². The molecule has 0 aliphatic rings. The molecule has 9 heteroatoms. The molecule has 0 bridgehead atoms. The van der Waals surface area contributed by atoms with Gasteiger partial charge in [-0.15, -0.1) is 0 Å². The molecule has 2 heterocycles. The smallest absolute Gasteiger partial charge is 0.265 e.